The van der Waals surface area contributed by atoms with Gasteiger partial charge >= 0.3 is 0 Å². The first-order valence-electron chi connectivity index (χ1n) is 5.78. The number of aromatic nitrogens is 3. The predicted octanol–water partition coefficient (Wildman–Crippen LogP) is 0.124. The van der Waals surface area contributed by atoms with Gasteiger partial charge in [0.2, 0.25) is 0 Å². The van der Waals surface area contributed by atoms with Gasteiger partial charge in [-0.2, -0.15) is 0 Å². The Labute approximate surface area is 112 Å². The number of rotatable bonds is 2. The van der Waals surface area contributed by atoms with Crippen LogP contribution in [-0.4, -0.2) is 27.4 Å². The van der Waals surface area contributed by atoms with Crippen LogP contribution in [-0.2, 0) is 13.0 Å². The quantitative estimate of drug-likeness (QED) is 0.724. The molecule has 3 heterocycles. The zero-order valence-electron chi connectivity index (χ0n) is 9.90. The lowest BCUT2D eigenvalue weighted by Crippen LogP contribution is -2.22. The fraction of sp³-hybridized carbons (Fsp3) is 0.273. The van der Waals surface area contributed by atoms with Gasteiger partial charge in [-0.15, -0.1) is 11.3 Å². The van der Waals surface area contributed by atoms with E-state index in [1.807, 2.05) is 0 Å². The first kappa shape index (κ1) is 12.0. The van der Waals surface area contributed by atoms with E-state index in [1.54, 1.807) is 0 Å². The van der Waals surface area contributed by atoms with Gasteiger partial charge in [-0.25, -0.2) is 9.97 Å². The summed E-state index contributed by atoms with van der Waals surface area (Å²) in [6.45, 7) is 1.70. The molecule has 0 spiro atoms. The Kier molecular flexibility index (Phi) is 3.10. The molecule has 0 saturated heterocycles. The summed E-state index contributed by atoms with van der Waals surface area (Å²) >= 11 is 1.46. The Morgan fingerprint density at radius 1 is 1.47 bits per heavy atom. The zero-order valence-corrected chi connectivity index (χ0v) is 10.7. The van der Waals surface area contributed by atoms with E-state index in [-0.39, 0.29) is 17.2 Å². The highest BCUT2D eigenvalue weighted by molar-refractivity contribution is 7.15. The number of carbonyl (C=O) groups is 1. The van der Waals surface area contributed by atoms with E-state index in [4.69, 9.17) is 0 Å². The van der Waals surface area contributed by atoms with Gasteiger partial charge in [0.15, 0.2) is 5.13 Å². The van der Waals surface area contributed by atoms with Gasteiger partial charge in [-0.05, 0) is 0 Å². The lowest BCUT2D eigenvalue weighted by Gasteiger charge is -2.09. The van der Waals surface area contributed by atoms with Crippen LogP contribution in [0, 0.1) is 0 Å². The van der Waals surface area contributed by atoms with Crippen molar-refractivity contribution >= 4 is 22.4 Å². The van der Waals surface area contributed by atoms with Crippen LogP contribution in [0.5, 0.6) is 0 Å². The van der Waals surface area contributed by atoms with Crippen molar-refractivity contribution in [1.29, 1.82) is 0 Å². The monoisotopic (exact) mass is 277 g/mol. The highest BCUT2D eigenvalue weighted by atomic mass is 32.1. The van der Waals surface area contributed by atoms with Crippen molar-refractivity contribution in [2.45, 2.75) is 13.0 Å². The topological polar surface area (TPSA) is 99.8 Å². The van der Waals surface area contributed by atoms with Crippen LogP contribution in [0.3, 0.4) is 0 Å². The zero-order chi connectivity index (χ0) is 13.2. The van der Waals surface area contributed by atoms with Crippen molar-refractivity contribution in [1.82, 2.24) is 20.3 Å². The van der Waals surface area contributed by atoms with E-state index < -0.39 is 0 Å². The lowest BCUT2D eigenvalue weighted by molar-refractivity contribution is 0.102. The molecule has 19 heavy (non-hydrogen) atoms. The van der Waals surface area contributed by atoms with Crippen LogP contribution >= 0.6 is 11.3 Å². The summed E-state index contributed by atoms with van der Waals surface area (Å²) in [4.78, 5) is 34.5. The number of hydrogen-bond acceptors (Lipinski definition) is 6. The van der Waals surface area contributed by atoms with Crippen LogP contribution in [0.1, 0.15) is 21.1 Å². The molecule has 0 fully saturated rings. The minimum absolute atomic E-state index is 0.158. The Hall–Kier alpha value is -2.06. The van der Waals surface area contributed by atoms with Gasteiger partial charge in [0, 0.05) is 30.6 Å². The largest absolute Gasteiger partial charge is 0.325 e. The molecule has 0 bridgehead atoms. The van der Waals surface area contributed by atoms with Crippen molar-refractivity contribution in [3.05, 3.63) is 39.0 Å². The van der Waals surface area contributed by atoms with Gasteiger partial charge < -0.3 is 10.3 Å². The smallest absolute Gasteiger partial charge is 0.277 e. The SMILES string of the molecule is O=C(Nc1nc2c(s1)CNCC2)c1c[nH]c(=O)cn1. The number of anilines is 1. The Bertz CT molecular complexity index is 634. The first-order chi connectivity index (χ1) is 9.22. The number of hydrogen-bond donors (Lipinski definition) is 3. The highest BCUT2D eigenvalue weighted by Crippen LogP contribution is 2.25. The van der Waals surface area contributed by atoms with Crippen molar-refractivity contribution in [3.8, 4) is 0 Å². The van der Waals surface area contributed by atoms with Crippen LogP contribution in [0.4, 0.5) is 5.13 Å². The third-order valence-corrected chi connectivity index (χ3v) is 3.74. The number of nitrogens with zero attached hydrogens (tertiary/aromatic N) is 2. The predicted molar refractivity (Wildman–Crippen MR) is 70.3 cm³/mol. The summed E-state index contributed by atoms with van der Waals surface area (Å²) in [7, 11) is 0. The number of nitrogens with one attached hydrogen (secondary N) is 3. The first-order valence-corrected chi connectivity index (χ1v) is 6.59. The van der Waals surface area contributed by atoms with E-state index in [0.717, 1.165) is 36.3 Å². The molecule has 98 valence electrons. The molecule has 0 aliphatic carbocycles. The maximum Gasteiger partial charge on any atom is 0.277 e. The summed E-state index contributed by atoms with van der Waals surface area (Å²) < 4.78 is 0. The molecule has 1 amide bonds. The van der Waals surface area contributed by atoms with Gasteiger partial charge in [-0.1, -0.05) is 0 Å². The maximum absolute atomic E-state index is 11.9. The number of aromatic amines is 1. The Balaban J connectivity index is 1.77. The summed E-state index contributed by atoms with van der Waals surface area (Å²) in [5.74, 6) is -0.379. The molecule has 1 aliphatic heterocycles. The Morgan fingerprint density at radius 2 is 2.37 bits per heavy atom. The number of fused-ring (bicyclic) bond motifs is 1. The minimum atomic E-state index is -0.379. The van der Waals surface area contributed by atoms with Gasteiger partial charge in [0.25, 0.3) is 11.5 Å². The fourth-order valence-electron chi connectivity index (χ4n) is 1.81. The molecule has 0 radical (unpaired) electrons. The number of thiazole rings is 1. The van der Waals surface area contributed by atoms with E-state index in [2.05, 4.69) is 25.6 Å². The molecule has 7 nitrogen and oxygen atoms in total. The van der Waals surface area contributed by atoms with Crippen molar-refractivity contribution in [3.63, 3.8) is 0 Å². The van der Waals surface area contributed by atoms with Crippen LogP contribution < -0.4 is 16.2 Å². The molecule has 0 unspecified atom stereocenters. The molecule has 8 heteroatoms. The molecule has 1 aliphatic rings. The summed E-state index contributed by atoms with van der Waals surface area (Å²) in [6, 6.07) is 0. The second kappa shape index (κ2) is 4.90. The normalized spacial score (nSPS) is 13.9. The molecule has 2 aromatic rings. The molecule has 0 aromatic carbocycles. The van der Waals surface area contributed by atoms with E-state index >= 15 is 0 Å². The number of carbonyl (C=O) groups excluding carboxylic acids is 1. The summed E-state index contributed by atoms with van der Waals surface area (Å²) in [5, 5.41) is 6.50. The van der Waals surface area contributed by atoms with Crippen molar-refractivity contribution in [2.24, 2.45) is 0 Å². The Morgan fingerprint density at radius 3 is 3.11 bits per heavy atom. The third-order valence-electron chi connectivity index (χ3n) is 2.73. The molecule has 3 N–H and O–H groups in total. The number of H-pyrrole nitrogens is 1. The summed E-state index contributed by atoms with van der Waals surface area (Å²) in [6.07, 6.45) is 3.23. The second-order valence-electron chi connectivity index (χ2n) is 4.07. The van der Waals surface area contributed by atoms with E-state index in [9.17, 15) is 9.59 Å². The average Bonchev–Trinajstić information content (AvgIpc) is 2.81. The summed E-state index contributed by atoms with van der Waals surface area (Å²) in [5.41, 5.74) is 0.853. The molecular weight excluding hydrogens is 266 g/mol. The van der Waals surface area contributed by atoms with Crippen LogP contribution in [0.15, 0.2) is 17.2 Å². The van der Waals surface area contributed by atoms with Crippen LogP contribution in [0.25, 0.3) is 0 Å². The number of amides is 1. The molecule has 0 atom stereocenters. The van der Waals surface area contributed by atoms with Crippen molar-refractivity contribution < 1.29 is 4.79 Å². The standard InChI is InChI=1S/C11H11N5O2S/c17-9-5-13-7(3-14-9)10(18)16-11-15-6-1-2-12-4-8(6)19-11/h3,5,12H,1-2,4H2,(H,14,17)(H,15,16,18). The lowest BCUT2D eigenvalue weighted by atomic mass is 10.2. The van der Waals surface area contributed by atoms with E-state index in [1.165, 1.54) is 17.5 Å². The minimum Gasteiger partial charge on any atom is -0.325 e. The van der Waals surface area contributed by atoms with E-state index in [0.29, 0.717) is 5.13 Å². The molecular formula is C11H11N5O2S. The molecule has 3 rings (SSSR count). The van der Waals surface area contributed by atoms with Crippen molar-refractivity contribution in [2.75, 3.05) is 11.9 Å². The maximum atomic E-state index is 11.9. The fourth-order valence-corrected chi connectivity index (χ4v) is 2.78. The molecule has 0 saturated carbocycles. The van der Waals surface area contributed by atoms with Crippen LogP contribution in [0.2, 0.25) is 0 Å². The van der Waals surface area contributed by atoms with Gasteiger partial charge in [-0.3, -0.25) is 14.9 Å². The van der Waals surface area contributed by atoms with Gasteiger partial charge in [0.05, 0.1) is 11.9 Å². The highest BCUT2D eigenvalue weighted by Gasteiger charge is 2.16. The third kappa shape index (κ3) is 2.54. The molecule has 2 aromatic heterocycles. The second-order valence-corrected chi connectivity index (χ2v) is 5.15. The average molecular weight is 277 g/mol. The van der Waals surface area contributed by atoms with Gasteiger partial charge in [0.1, 0.15) is 5.69 Å².